The third kappa shape index (κ3) is 6.39. The number of nitrogens with zero attached hydrogens (tertiary/aromatic N) is 5. The number of rotatable bonds is 2. The average molecular weight is 672 g/mol. The van der Waals surface area contributed by atoms with Crippen molar-refractivity contribution in [1.29, 1.82) is 0 Å². The van der Waals surface area contributed by atoms with Gasteiger partial charge in [-0.25, -0.2) is 0 Å². The van der Waals surface area contributed by atoms with E-state index in [1.807, 2.05) is 6.20 Å². The maximum atomic E-state index is 12.1. The van der Waals surface area contributed by atoms with Crippen LogP contribution in [0, 0.1) is 6.07 Å². The fourth-order valence-electron chi connectivity index (χ4n) is 3.11. The summed E-state index contributed by atoms with van der Waals surface area (Å²) in [4.78, 5) is 11.6. The molecule has 35 heavy (non-hydrogen) atoms. The standard InChI is InChI=1S/C17H16NS.C8H4F3N4.Ir/c1-17(2,3)13-6-4-12(5-7-13)16-14-9-11-19-15(14)8-10-18-16;9-8(10,11)7-13-6(14-15-7)5-3-1-2-4-12-5;/h4,6-11H,1-3H3;1-4H;/q2*-1;. The van der Waals surface area contributed by atoms with Gasteiger partial charge in [0.05, 0.1) is 5.69 Å². The molecule has 0 saturated heterocycles. The maximum absolute atomic E-state index is 12.1. The summed E-state index contributed by atoms with van der Waals surface area (Å²) in [7, 11) is 0. The van der Waals surface area contributed by atoms with Gasteiger partial charge in [-0.15, -0.1) is 46.7 Å². The first-order valence-corrected chi connectivity index (χ1v) is 11.2. The van der Waals surface area contributed by atoms with Crippen molar-refractivity contribution in [2.75, 3.05) is 0 Å². The van der Waals surface area contributed by atoms with E-state index in [9.17, 15) is 13.2 Å². The number of alkyl halides is 3. The van der Waals surface area contributed by atoms with Gasteiger partial charge in [0.15, 0.2) is 0 Å². The Kier molecular flexibility index (Phi) is 8.20. The molecule has 0 aliphatic rings. The molecule has 1 radical (unpaired) electrons. The number of benzene rings is 1. The molecule has 0 unspecified atom stereocenters. The van der Waals surface area contributed by atoms with Gasteiger partial charge in [-0.05, 0) is 45.9 Å². The SMILES string of the molecule is CC(C)(C)c1c[c-]c(-c2nccc3sccc23)cc1.FC(F)(F)c1n[n-]c(-c2ccccn2)n1.[Ir]. The molecule has 0 atom stereocenters. The van der Waals surface area contributed by atoms with Gasteiger partial charge < -0.3 is 15.1 Å². The van der Waals surface area contributed by atoms with E-state index in [1.54, 1.807) is 23.5 Å². The van der Waals surface area contributed by atoms with E-state index < -0.39 is 12.0 Å². The van der Waals surface area contributed by atoms with E-state index in [-0.39, 0.29) is 37.0 Å². The fourth-order valence-corrected chi connectivity index (χ4v) is 3.89. The first-order chi connectivity index (χ1) is 16.1. The summed E-state index contributed by atoms with van der Waals surface area (Å²) in [5, 5.41) is 9.57. The Hall–Kier alpha value is -2.94. The van der Waals surface area contributed by atoms with Gasteiger partial charge in [-0.3, -0.25) is 10.1 Å². The first kappa shape index (κ1) is 26.7. The number of hydrogen-bond acceptors (Lipinski definition) is 5. The molecule has 5 nitrogen and oxygen atoms in total. The van der Waals surface area contributed by atoms with E-state index in [2.05, 4.69) is 87.7 Å². The van der Waals surface area contributed by atoms with Crippen molar-refractivity contribution in [3.8, 4) is 22.8 Å². The van der Waals surface area contributed by atoms with Gasteiger partial charge in [0.1, 0.15) is 5.82 Å². The van der Waals surface area contributed by atoms with Crippen LogP contribution in [-0.2, 0) is 31.7 Å². The predicted octanol–water partition coefficient (Wildman–Crippen LogP) is 6.57. The van der Waals surface area contributed by atoms with Crippen LogP contribution >= 0.6 is 11.3 Å². The van der Waals surface area contributed by atoms with Crippen LogP contribution in [0.15, 0.2) is 66.3 Å². The molecule has 10 heteroatoms. The molecule has 0 aliphatic carbocycles. The Morgan fingerprint density at radius 2 is 1.74 bits per heavy atom. The minimum atomic E-state index is -4.57. The Bertz CT molecular complexity index is 1370. The monoisotopic (exact) mass is 672 g/mol. The number of hydrogen-bond donors (Lipinski definition) is 0. The molecular weight excluding hydrogens is 652 g/mol. The van der Waals surface area contributed by atoms with Crippen molar-refractivity contribution in [1.82, 2.24) is 25.1 Å². The summed E-state index contributed by atoms with van der Waals surface area (Å²) in [5.74, 6) is -1.37. The van der Waals surface area contributed by atoms with Crippen molar-refractivity contribution in [3.63, 3.8) is 0 Å². The van der Waals surface area contributed by atoms with E-state index in [0.29, 0.717) is 0 Å². The van der Waals surface area contributed by atoms with Gasteiger partial charge >= 0.3 is 6.18 Å². The van der Waals surface area contributed by atoms with Crippen LogP contribution in [0.3, 0.4) is 0 Å². The number of halogens is 3. The van der Waals surface area contributed by atoms with Crippen LogP contribution in [0.4, 0.5) is 13.2 Å². The average Bonchev–Trinajstić information content (AvgIpc) is 3.49. The molecule has 5 aromatic rings. The van der Waals surface area contributed by atoms with Crippen molar-refractivity contribution < 1.29 is 33.3 Å². The minimum Gasteiger partial charge on any atom is -0.413 e. The molecule has 4 aromatic heterocycles. The molecule has 183 valence electrons. The largest absolute Gasteiger partial charge is 0.429 e. The molecule has 0 amide bonds. The van der Waals surface area contributed by atoms with Gasteiger partial charge in [-0.1, -0.05) is 32.9 Å². The van der Waals surface area contributed by atoms with E-state index in [1.165, 1.54) is 27.9 Å². The number of pyridine rings is 2. The van der Waals surface area contributed by atoms with Crippen molar-refractivity contribution >= 4 is 21.4 Å². The van der Waals surface area contributed by atoms with Crippen LogP contribution < -0.4 is 5.10 Å². The molecule has 5 rings (SSSR count). The molecule has 0 spiro atoms. The number of thiophene rings is 1. The fraction of sp³-hybridized carbons (Fsp3) is 0.200. The summed E-state index contributed by atoms with van der Waals surface area (Å²) < 4.78 is 37.7. The van der Waals surface area contributed by atoms with Crippen LogP contribution in [0.5, 0.6) is 0 Å². The maximum Gasteiger partial charge on any atom is 0.429 e. The van der Waals surface area contributed by atoms with Gasteiger partial charge in [0.25, 0.3) is 0 Å². The Labute approximate surface area is 218 Å². The van der Waals surface area contributed by atoms with Crippen LogP contribution in [0.2, 0.25) is 0 Å². The zero-order valence-electron chi connectivity index (χ0n) is 19.0. The summed E-state index contributed by atoms with van der Waals surface area (Å²) in [5.41, 5.74) is 3.82. The Balaban J connectivity index is 0.000000195. The number of aromatic nitrogens is 5. The van der Waals surface area contributed by atoms with Crippen LogP contribution in [-0.4, -0.2) is 20.1 Å². The summed E-state index contributed by atoms with van der Waals surface area (Å²) in [6.07, 6.45) is -1.25. The van der Waals surface area contributed by atoms with E-state index in [0.717, 1.165) is 11.3 Å². The van der Waals surface area contributed by atoms with E-state index in [4.69, 9.17) is 0 Å². The zero-order valence-corrected chi connectivity index (χ0v) is 22.2. The molecule has 4 heterocycles. The molecular formula is C25H20F3IrN5S-2. The minimum absolute atomic E-state index is 0. The molecule has 0 bridgehead atoms. The van der Waals surface area contributed by atoms with Crippen LogP contribution in [0.1, 0.15) is 32.2 Å². The van der Waals surface area contributed by atoms with Crippen LogP contribution in [0.25, 0.3) is 32.9 Å². The van der Waals surface area contributed by atoms with E-state index >= 15 is 0 Å². The summed E-state index contributed by atoms with van der Waals surface area (Å²) in [6.45, 7) is 6.65. The molecule has 1 aromatic carbocycles. The molecule has 0 fully saturated rings. The Morgan fingerprint density at radius 3 is 2.34 bits per heavy atom. The third-order valence-corrected chi connectivity index (χ3v) is 5.79. The normalized spacial score (nSPS) is 11.5. The van der Waals surface area contributed by atoms with Gasteiger partial charge in [0.2, 0.25) is 0 Å². The summed E-state index contributed by atoms with van der Waals surface area (Å²) >= 11 is 1.75. The van der Waals surface area contributed by atoms with Gasteiger partial charge in [0, 0.05) is 37.2 Å². The summed E-state index contributed by atoms with van der Waals surface area (Å²) in [6, 6.07) is 18.8. The van der Waals surface area contributed by atoms with Crippen molar-refractivity contribution in [3.05, 3.63) is 83.8 Å². The second-order valence-electron chi connectivity index (χ2n) is 8.40. The Morgan fingerprint density at radius 1 is 0.943 bits per heavy atom. The number of fused-ring (bicyclic) bond motifs is 1. The first-order valence-electron chi connectivity index (χ1n) is 10.3. The quantitative estimate of drug-likeness (QED) is 0.199. The second-order valence-corrected chi connectivity index (χ2v) is 9.35. The smallest absolute Gasteiger partial charge is 0.413 e. The van der Waals surface area contributed by atoms with Gasteiger partial charge in [-0.2, -0.15) is 13.2 Å². The van der Waals surface area contributed by atoms with Crippen molar-refractivity contribution in [2.45, 2.75) is 32.4 Å². The second kappa shape index (κ2) is 10.8. The molecule has 0 N–H and O–H groups in total. The zero-order chi connectivity index (χ0) is 24.3. The third-order valence-electron chi connectivity index (χ3n) is 4.91. The molecule has 0 saturated carbocycles. The van der Waals surface area contributed by atoms with Crippen molar-refractivity contribution in [2.24, 2.45) is 0 Å². The topological polar surface area (TPSA) is 65.7 Å². The molecule has 0 aliphatic heterocycles. The predicted molar refractivity (Wildman–Crippen MR) is 126 cm³/mol.